The molecule has 2 aliphatic heterocycles. The van der Waals surface area contributed by atoms with Crippen molar-refractivity contribution in [1.29, 1.82) is 0 Å². The Hall–Kier alpha value is -1.84. The maximum atomic E-state index is 5.83. The molecule has 0 radical (unpaired) electrons. The number of aliphatic imine (C=N–C) groups is 2. The van der Waals surface area contributed by atoms with Crippen LogP contribution in [0.15, 0.2) is 45.2 Å². The van der Waals surface area contributed by atoms with Gasteiger partial charge in [-0.25, -0.2) is 0 Å². The fourth-order valence-electron chi connectivity index (χ4n) is 3.26. The lowest BCUT2D eigenvalue weighted by Gasteiger charge is -2.34. The Kier molecular flexibility index (Phi) is 3.72. The lowest BCUT2D eigenvalue weighted by atomic mass is 9.84. The van der Waals surface area contributed by atoms with Crippen molar-refractivity contribution in [3.63, 3.8) is 0 Å². The van der Waals surface area contributed by atoms with Gasteiger partial charge >= 0.3 is 0 Å². The minimum atomic E-state index is 0.213. The van der Waals surface area contributed by atoms with Crippen LogP contribution in [0.25, 0.3) is 0 Å². The lowest BCUT2D eigenvalue weighted by molar-refractivity contribution is 0.187. The molecule has 4 nitrogen and oxygen atoms in total. The van der Waals surface area contributed by atoms with Gasteiger partial charge < -0.3 is 10.1 Å². The molecule has 3 unspecified atom stereocenters. The van der Waals surface area contributed by atoms with Crippen LogP contribution in [0.2, 0.25) is 0 Å². The lowest BCUT2D eigenvalue weighted by Crippen LogP contribution is -2.40. The Morgan fingerprint density at radius 3 is 2.95 bits per heavy atom. The molecule has 20 heavy (non-hydrogen) atoms. The second-order valence-corrected chi connectivity index (χ2v) is 5.48. The highest BCUT2D eigenvalue weighted by Gasteiger charge is 2.30. The molecule has 2 heterocycles. The van der Waals surface area contributed by atoms with Gasteiger partial charge in [-0.1, -0.05) is 6.08 Å². The fourth-order valence-corrected chi connectivity index (χ4v) is 3.26. The summed E-state index contributed by atoms with van der Waals surface area (Å²) in [6, 6.07) is 0.696. The van der Waals surface area contributed by atoms with Crippen LogP contribution in [0, 0.1) is 0 Å². The van der Waals surface area contributed by atoms with Crippen molar-refractivity contribution >= 4 is 13.4 Å². The van der Waals surface area contributed by atoms with Gasteiger partial charge in [-0.3, -0.25) is 9.98 Å². The van der Waals surface area contributed by atoms with Crippen LogP contribution in [0.3, 0.4) is 0 Å². The standard InChI is InChI=1S/C16H21N3O/c1-17-13-7-9-20-15-10-11(5-6-12(13)15)16-14(18-2)4-3-8-19-16/h3,8,10,13-14,16,19H,1-2,4-7,9H2. The van der Waals surface area contributed by atoms with Gasteiger partial charge in [-0.2, -0.15) is 0 Å². The first kappa shape index (κ1) is 13.2. The van der Waals surface area contributed by atoms with E-state index in [4.69, 9.17) is 4.74 Å². The van der Waals surface area contributed by atoms with Gasteiger partial charge in [0.25, 0.3) is 0 Å². The van der Waals surface area contributed by atoms with E-state index in [1.165, 1.54) is 11.1 Å². The highest BCUT2D eigenvalue weighted by Crippen LogP contribution is 2.35. The maximum absolute atomic E-state index is 5.83. The number of hydrogen-bond acceptors (Lipinski definition) is 4. The summed E-state index contributed by atoms with van der Waals surface area (Å²) in [7, 11) is 0. The van der Waals surface area contributed by atoms with E-state index in [0.29, 0.717) is 0 Å². The van der Waals surface area contributed by atoms with Crippen molar-refractivity contribution in [2.45, 2.75) is 43.8 Å². The van der Waals surface area contributed by atoms with E-state index in [9.17, 15) is 0 Å². The molecule has 0 bridgehead atoms. The maximum Gasteiger partial charge on any atom is 0.120 e. The second-order valence-electron chi connectivity index (χ2n) is 5.48. The third kappa shape index (κ3) is 2.30. The number of ether oxygens (including phenoxy) is 1. The molecule has 3 rings (SSSR count). The molecule has 0 aromatic rings. The molecule has 1 N–H and O–H groups in total. The van der Waals surface area contributed by atoms with Crippen molar-refractivity contribution in [3.05, 3.63) is 35.3 Å². The molecule has 1 aliphatic carbocycles. The van der Waals surface area contributed by atoms with Crippen LogP contribution in [0.4, 0.5) is 0 Å². The smallest absolute Gasteiger partial charge is 0.120 e. The van der Waals surface area contributed by atoms with E-state index in [0.717, 1.165) is 38.0 Å². The number of rotatable bonds is 3. The van der Waals surface area contributed by atoms with E-state index >= 15 is 0 Å². The van der Waals surface area contributed by atoms with Crippen molar-refractivity contribution < 1.29 is 4.74 Å². The van der Waals surface area contributed by atoms with Gasteiger partial charge in [0, 0.05) is 6.42 Å². The van der Waals surface area contributed by atoms with Crippen LogP contribution in [-0.4, -0.2) is 38.2 Å². The van der Waals surface area contributed by atoms with Crippen LogP contribution in [0.5, 0.6) is 0 Å². The monoisotopic (exact) mass is 271 g/mol. The zero-order valence-corrected chi connectivity index (χ0v) is 11.7. The van der Waals surface area contributed by atoms with E-state index in [2.05, 4.69) is 40.9 Å². The van der Waals surface area contributed by atoms with Gasteiger partial charge in [-0.05, 0) is 56.1 Å². The molecular formula is C16H21N3O. The molecule has 0 saturated heterocycles. The molecule has 4 heteroatoms. The Morgan fingerprint density at radius 1 is 1.25 bits per heavy atom. The summed E-state index contributed by atoms with van der Waals surface area (Å²) < 4.78 is 5.83. The molecule has 106 valence electrons. The highest BCUT2D eigenvalue weighted by molar-refractivity contribution is 5.39. The fraction of sp³-hybridized carbons (Fsp3) is 0.500. The first-order valence-corrected chi connectivity index (χ1v) is 7.22. The first-order chi connectivity index (χ1) is 9.83. The summed E-state index contributed by atoms with van der Waals surface area (Å²) in [5.74, 6) is 1.01. The molecule has 3 atom stereocenters. The zero-order valence-electron chi connectivity index (χ0n) is 11.7. The molecule has 0 fully saturated rings. The largest absolute Gasteiger partial charge is 0.493 e. The van der Waals surface area contributed by atoms with Gasteiger partial charge in [0.2, 0.25) is 0 Å². The van der Waals surface area contributed by atoms with E-state index in [1.54, 1.807) is 0 Å². The average molecular weight is 271 g/mol. The van der Waals surface area contributed by atoms with Crippen molar-refractivity contribution in [2.24, 2.45) is 9.98 Å². The molecular weight excluding hydrogens is 250 g/mol. The highest BCUT2D eigenvalue weighted by atomic mass is 16.5. The summed E-state index contributed by atoms with van der Waals surface area (Å²) in [5.41, 5.74) is 2.67. The number of hydrogen-bond donors (Lipinski definition) is 1. The summed E-state index contributed by atoms with van der Waals surface area (Å²) >= 11 is 0. The van der Waals surface area contributed by atoms with Crippen LogP contribution < -0.4 is 5.32 Å². The predicted molar refractivity (Wildman–Crippen MR) is 82.3 cm³/mol. The third-order valence-electron chi connectivity index (χ3n) is 4.38. The Balaban J connectivity index is 1.87. The Labute approximate surface area is 120 Å². The summed E-state index contributed by atoms with van der Waals surface area (Å²) in [6.45, 7) is 8.15. The van der Waals surface area contributed by atoms with Crippen molar-refractivity contribution in [2.75, 3.05) is 6.61 Å². The number of nitrogens with one attached hydrogen (secondary N) is 1. The Morgan fingerprint density at radius 2 is 2.15 bits per heavy atom. The SMILES string of the molecule is C=NC1CCOC2=C1CCC(C1NC=CCC1N=C)=C2. The van der Waals surface area contributed by atoms with Crippen molar-refractivity contribution in [3.8, 4) is 0 Å². The molecule has 3 aliphatic rings. The topological polar surface area (TPSA) is 46.0 Å². The van der Waals surface area contributed by atoms with E-state index in [1.807, 2.05) is 6.20 Å². The number of allylic oxidation sites excluding steroid dienone is 1. The molecule has 0 amide bonds. The Bertz CT molecular complexity index is 504. The summed E-state index contributed by atoms with van der Waals surface area (Å²) in [6.07, 6.45) is 10.3. The van der Waals surface area contributed by atoms with Gasteiger partial charge in [0.15, 0.2) is 0 Å². The molecule has 0 spiro atoms. The van der Waals surface area contributed by atoms with E-state index < -0.39 is 0 Å². The molecule has 0 saturated carbocycles. The normalized spacial score (nSPS) is 32.6. The molecule has 0 aromatic carbocycles. The van der Waals surface area contributed by atoms with Crippen LogP contribution in [-0.2, 0) is 4.74 Å². The predicted octanol–water partition coefficient (Wildman–Crippen LogP) is 2.40. The van der Waals surface area contributed by atoms with Gasteiger partial charge in [0.05, 0.1) is 24.7 Å². The third-order valence-corrected chi connectivity index (χ3v) is 4.38. The zero-order chi connectivity index (χ0) is 13.9. The minimum Gasteiger partial charge on any atom is -0.493 e. The first-order valence-electron chi connectivity index (χ1n) is 7.22. The van der Waals surface area contributed by atoms with Crippen LogP contribution in [0.1, 0.15) is 25.7 Å². The number of nitrogens with zero attached hydrogens (tertiary/aromatic N) is 2. The molecule has 0 aromatic heterocycles. The van der Waals surface area contributed by atoms with Gasteiger partial charge in [-0.15, -0.1) is 0 Å². The van der Waals surface area contributed by atoms with Crippen molar-refractivity contribution in [1.82, 2.24) is 5.32 Å². The average Bonchev–Trinajstić information content (AvgIpc) is 2.53. The summed E-state index contributed by atoms with van der Waals surface area (Å²) in [4.78, 5) is 8.48. The quantitative estimate of drug-likeness (QED) is 0.801. The van der Waals surface area contributed by atoms with Gasteiger partial charge in [0.1, 0.15) is 5.76 Å². The summed E-state index contributed by atoms with van der Waals surface area (Å²) in [5, 5.41) is 3.41. The van der Waals surface area contributed by atoms with E-state index in [-0.39, 0.29) is 18.1 Å². The minimum absolute atomic E-state index is 0.213. The van der Waals surface area contributed by atoms with Crippen LogP contribution >= 0.6 is 0 Å². The second kappa shape index (κ2) is 5.65.